The SMILES string of the molecule is O[C@@]1(CNCCN2CCc3ccccc32)CNCCOC1. The van der Waals surface area contributed by atoms with Crippen LogP contribution < -0.4 is 15.5 Å². The fourth-order valence-electron chi connectivity index (χ4n) is 3.07. The number of hydrogen-bond donors (Lipinski definition) is 3. The van der Waals surface area contributed by atoms with Gasteiger partial charge in [0.05, 0.1) is 13.2 Å². The average molecular weight is 291 g/mol. The summed E-state index contributed by atoms with van der Waals surface area (Å²) in [6, 6.07) is 8.61. The van der Waals surface area contributed by atoms with Gasteiger partial charge in [-0.15, -0.1) is 0 Å². The van der Waals surface area contributed by atoms with Gasteiger partial charge in [0.1, 0.15) is 5.60 Å². The topological polar surface area (TPSA) is 56.8 Å². The number of benzene rings is 1. The first-order valence-corrected chi connectivity index (χ1v) is 7.81. The van der Waals surface area contributed by atoms with E-state index in [1.807, 2.05) is 0 Å². The van der Waals surface area contributed by atoms with Crippen molar-refractivity contribution in [3.05, 3.63) is 29.8 Å². The van der Waals surface area contributed by atoms with Crippen LogP contribution in [0.25, 0.3) is 0 Å². The van der Waals surface area contributed by atoms with Crippen molar-refractivity contribution in [3.63, 3.8) is 0 Å². The van der Waals surface area contributed by atoms with Crippen molar-refractivity contribution < 1.29 is 9.84 Å². The van der Waals surface area contributed by atoms with Crippen LogP contribution in [0.3, 0.4) is 0 Å². The minimum atomic E-state index is -0.792. The second-order valence-corrected chi connectivity index (χ2v) is 6.00. The van der Waals surface area contributed by atoms with Crippen LogP contribution in [0.1, 0.15) is 5.56 Å². The zero-order valence-electron chi connectivity index (χ0n) is 12.5. The van der Waals surface area contributed by atoms with E-state index in [1.54, 1.807) is 0 Å². The lowest BCUT2D eigenvalue weighted by Crippen LogP contribution is -2.51. The van der Waals surface area contributed by atoms with Gasteiger partial charge in [0, 0.05) is 45.0 Å². The summed E-state index contributed by atoms with van der Waals surface area (Å²) in [5.41, 5.74) is 2.01. The van der Waals surface area contributed by atoms with Gasteiger partial charge < -0.3 is 25.4 Å². The number of β-amino-alcohol motifs (C(OH)–C–C–N with tert-alkyl or cyclic N) is 1. The number of anilines is 1. The summed E-state index contributed by atoms with van der Waals surface area (Å²) in [5, 5.41) is 17.0. The second kappa shape index (κ2) is 6.75. The Kier molecular flexibility index (Phi) is 4.75. The van der Waals surface area contributed by atoms with Crippen LogP contribution >= 0.6 is 0 Å². The molecule has 1 aromatic rings. The highest BCUT2D eigenvalue weighted by Gasteiger charge is 2.28. The van der Waals surface area contributed by atoms with E-state index in [2.05, 4.69) is 39.8 Å². The molecule has 0 aliphatic carbocycles. The molecular formula is C16H25N3O2. The number of nitrogens with one attached hydrogen (secondary N) is 2. The van der Waals surface area contributed by atoms with Crippen molar-refractivity contribution in [1.82, 2.24) is 10.6 Å². The Morgan fingerprint density at radius 2 is 2.29 bits per heavy atom. The van der Waals surface area contributed by atoms with Crippen LogP contribution in [0.4, 0.5) is 5.69 Å². The third-order valence-electron chi connectivity index (χ3n) is 4.24. The molecule has 0 saturated carbocycles. The largest absolute Gasteiger partial charge is 0.385 e. The predicted octanol–water partition coefficient (Wildman–Crippen LogP) is -0.0104. The molecule has 1 saturated heterocycles. The van der Waals surface area contributed by atoms with E-state index in [4.69, 9.17) is 4.74 Å². The lowest BCUT2D eigenvalue weighted by atomic mass is 10.1. The van der Waals surface area contributed by atoms with Crippen molar-refractivity contribution in [2.45, 2.75) is 12.0 Å². The molecule has 1 aromatic carbocycles. The first-order valence-electron chi connectivity index (χ1n) is 7.81. The molecule has 5 heteroatoms. The molecule has 2 aliphatic heterocycles. The Balaban J connectivity index is 1.43. The summed E-state index contributed by atoms with van der Waals surface area (Å²) < 4.78 is 5.42. The third-order valence-corrected chi connectivity index (χ3v) is 4.24. The van der Waals surface area contributed by atoms with E-state index in [1.165, 1.54) is 11.3 Å². The molecule has 2 heterocycles. The summed E-state index contributed by atoms with van der Waals surface area (Å²) >= 11 is 0. The fourth-order valence-corrected chi connectivity index (χ4v) is 3.07. The molecule has 0 amide bonds. The number of fused-ring (bicyclic) bond motifs is 1. The number of nitrogens with zero attached hydrogens (tertiary/aromatic N) is 1. The van der Waals surface area contributed by atoms with Gasteiger partial charge in [-0.3, -0.25) is 0 Å². The van der Waals surface area contributed by atoms with Gasteiger partial charge in [-0.2, -0.15) is 0 Å². The molecule has 3 rings (SSSR count). The first-order chi connectivity index (χ1) is 10.3. The number of ether oxygens (including phenoxy) is 1. The quantitative estimate of drug-likeness (QED) is 0.666. The van der Waals surface area contributed by atoms with E-state index >= 15 is 0 Å². The Bertz CT molecular complexity index is 459. The molecule has 0 bridgehead atoms. The molecule has 21 heavy (non-hydrogen) atoms. The summed E-state index contributed by atoms with van der Waals surface area (Å²) in [5.74, 6) is 0. The van der Waals surface area contributed by atoms with Crippen molar-refractivity contribution >= 4 is 5.69 Å². The van der Waals surface area contributed by atoms with Gasteiger partial charge in [-0.1, -0.05) is 18.2 Å². The monoisotopic (exact) mass is 291 g/mol. The molecule has 0 unspecified atom stereocenters. The zero-order valence-corrected chi connectivity index (χ0v) is 12.5. The second-order valence-electron chi connectivity index (χ2n) is 6.00. The number of hydrogen-bond acceptors (Lipinski definition) is 5. The van der Waals surface area contributed by atoms with Gasteiger partial charge in [-0.25, -0.2) is 0 Å². The van der Waals surface area contributed by atoms with Gasteiger partial charge >= 0.3 is 0 Å². The van der Waals surface area contributed by atoms with Crippen molar-refractivity contribution in [3.8, 4) is 0 Å². The van der Waals surface area contributed by atoms with E-state index in [0.717, 1.165) is 32.6 Å². The van der Waals surface area contributed by atoms with Crippen LogP contribution in [-0.4, -0.2) is 63.2 Å². The molecule has 1 fully saturated rings. The zero-order chi connectivity index (χ0) is 14.5. The van der Waals surface area contributed by atoms with Crippen LogP contribution in [0.5, 0.6) is 0 Å². The molecule has 5 nitrogen and oxygen atoms in total. The Morgan fingerprint density at radius 1 is 1.38 bits per heavy atom. The average Bonchev–Trinajstić information content (AvgIpc) is 2.78. The fraction of sp³-hybridized carbons (Fsp3) is 0.625. The molecule has 3 N–H and O–H groups in total. The lowest BCUT2D eigenvalue weighted by Gasteiger charge is -2.27. The minimum absolute atomic E-state index is 0.402. The third kappa shape index (κ3) is 3.74. The van der Waals surface area contributed by atoms with E-state index in [9.17, 15) is 5.11 Å². The number of aliphatic hydroxyl groups is 1. The highest BCUT2D eigenvalue weighted by molar-refractivity contribution is 5.57. The standard InChI is InChI=1S/C16H25N3O2/c20-16(12-18-7-10-21-13-16)11-17-6-9-19-8-5-14-3-1-2-4-15(14)19/h1-4,17-18,20H,5-13H2/t16-/m0/s1. The maximum absolute atomic E-state index is 10.4. The van der Waals surface area contributed by atoms with Gasteiger partial charge in [0.2, 0.25) is 0 Å². The highest BCUT2D eigenvalue weighted by atomic mass is 16.5. The maximum atomic E-state index is 10.4. The Labute approximate surface area is 126 Å². The normalized spacial score (nSPS) is 25.7. The molecule has 2 aliphatic rings. The number of rotatable bonds is 5. The van der Waals surface area contributed by atoms with Crippen LogP contribution in [0, 0.1) is 0 Å². The Hall–Kier alpha value is -1.14. The lowest BCUT2D eigenvalue weighted by molar-refractivity contribution is -0.0260. The van der Waals surface area contributed by atoms with E-state index in [0.29, 0.717) is 26.3 Å². The number of para-hydroxylation sites is 1. The van der Waals surface area contributed by atoms with Crippen molar-refractivity contribution in [1.29, 1.82) is 0 Å². The van der Waals surface area contributed by atoms with E-state index in [-0.39, 0.29) is 0 Å². The van der Waals surface area contributed by atoms with Gasteiger partial charge in [-0.05, 0) is 18.1 Å². The smallest absolute Gasteiger partial charge is 0.113 e. The van der Waals surface area contributed by atoms with Crippen LogP contribution in [0.15, 0.2) is 24.3 Å². The predicted molar refractivity (Wildman–Crippen MR) is 83.9 cm³/mol. The molecule has 0 radical (unpaired) electrons. The van der Waals surface area contributed by atoms with Gasteiger partial charge in [0.15, 0.2) is 0 Å². The minimum Gasteiger partial charge on any atom is -0.385 e. The summed E-state index contributed by atoms with van der Waals surface area (Å²) in [7, 11) is 0. The van der Waals surface area contributed by atoms with Crippen LogP contribution in [0.2, 0.25) is 0 Å². The molecular weight excluding hydrogens is 266 g/mol. The summed E-state index contributed by atoms with van der Waals surface area (Å²) in [6.07, 6.45) is 1.14. The van der Waals surface area contributed by atoms with Gasteiger partial charge in [0.25, 0.3) is 0 Å². The van der Waals surface area contributed by atoms with Crippen molar-refractivity contribution in [2.24, 2.45) is 0 Å². The Morgan fingerprint density at radius 3 is 3.24 bits per heavy atom. The molecule has 1 atom stereocenters. The van der Waals surface area contributed by atoms with Crippen molar-refractivity contribution in [2.75, 3.05) is 57.4 Å². The molecule has 0 spiro atoms. The first kappa shape index (κ1) is 14.8. The summed E-state index contributed by atoms with van der Waals surface area (Å²) in [4.78, 5) is 2.41. The van der Waals surface area contributed by atoms with Crippen LogP contribution in [-0.2, 0) is 11.2 Å². The molecule has 116 valence electrons. The molecule has 0 aromatic heterocycles. The summed E-state index contributed by atoms with van der Waals surface area (Å²) in [6.45, 7) is 5.98. The van der Waals surface area contributed by atoms with E-state index < -0.39 is 5.60 Å². The highest BCUT2D eigenvalue weighted by Crippen LogP contribution is 2.26. The maximum Gasteiger partial charge on any atom is 0.113 e.